The molecule has 6 rings (SSSR count). The van der Waals surface area contributed by atoms with Gasteiger partial charge in [0.2, 0.25) is 0 Å². The zero-order valence-electron chi connectivity index (χ0n) is 20.8. The van der Waals surface area contributed by atoms with Crippen molar-refractivity contribution in [3.8, 4) is 11.5 Å². The number of nitrogens with one attached hydrogen (secondary N) is 2. The maximum Gasteiger partial charge on any atom is 0.146 e. The number of anilines is 2. The molecule has 3 aromatic heterocycles. The summed E-state index contributed by atoms with van der Waals surface area (Å²) >= 11 is 0. The van der Waals surface area contributed by atoms with Gasteiger partial charge in [0, 0.05) is 28.6 Å². The van der Waals surface area contributed by atoms with Gasteiger partial charge in [-0.15, -0.1) is 0 Å². The number of benzene rings is 3. The number of hydrogen-bond acceptors (Lipinski definition) is 8. The van der Waals surface area contributed by atoms with Gasteiger partial charge in [-0.3, -0.25) is 15.8 Å². The minimum absolute atomic E-state index is 0.625. The first kappa shape index (κ1) is 23.7. The van der Waals surface area contributed by atoms with Gasteiger partial charge in [0.15, 0.2) is 0 Å². The van der Waals surface area contributed by atoms with E-state index >= 15 is 0 Å². The maximum atomic E-state index is 6.15. The Hall–Kier alpha value is -5.63. The molecule has 0 saturated carbocycles. The van der Waals surface area contributed by atoms with Gasteiger partial charge in [0.05, 0.1) is 29.2 Å². The van der Waals surface area contributed by atoms with E-state index in [9.17, 15) is 0 Å². The number of aromatic nitrogens is 3. The molecule has 6 aromatic rings. The van der Waals surface area contributed by atoms with E-state index in [2.05, 4.69) is 36.0 Å². The fourth-order valence-electron chi connectivity index (χ4n) is 3.96. The van der Waals surface area contributed by atoms with Gasteiger partial charge in [-0.25, -0.2) is 9.97 Å². The smallest absolute Gasteiger partial charge is 0.146 e. The lowest BCUT2D eigenvalue weighted by atomic mass is 10.2. The lowest BCUT2D eigenvalue weighted by Crippen LogP contribution is -1.97. The Labute approximate surface area is 224 Å². The molecule has 8 nitrogen and oxygen atoms in total. The standard InChI is InChI=1S/C31H23N7O/c1-4-10-27-22(7-1)13-15-30(35-27)37-33-20-24-9-3-6-12-29(24)39-26-17-18-32-25(19-26)21-34-38-31-16-14-23-8-2-5-11-28(23)36-31/h1-21H,(H,35,37)(H,36,38)/b33-20+,34-21+. The molecular formula is C31H23N7O. The van der Waals surface area contributed by atoms with Crippen molar-refractivity contribution in [2.75, 3.05) is 10.9 Å². The normalized spacial score (nSPS) is 11.4. The average molecular weight is 510 g/mol. The Kier molecular flexibility index (Phi) is 6.81. The molecule has 0 aliphatic heterocycles. The van der Waals surface area contributed by atoms with E-state index in [0.29, 0.717) is 28.8 Å². The Morgan fingerprint density at radius 1 is 0.615 bits per heavy atom. The summed E-state index contributed by atoms with van der Waals surface area (Å²) in [4.78, 5) is 13.5. The highest BCUT2D eigenvalue weighted by Gasteiger charge is 2.04. The van der Waals surface area contributed by atoms with Crippen LogP contribution in [-0.2, 0) is 0 Å². The molecule has 0 fully saturated rings. The predicted octanol–water partition coefficient (Wildman–Crippen LogP) is 6.86. The van der Waals surface area contributed by atoms with Crippen molar-refractivity contribution in [3.05, 3.63) is 127 Å². The molecule has 0 bridgehead atoms. The molecule has 0 aliphatic carbocycles. The van der Waals surface area contributed by atoms with E-state index in [-0.39, 0.29) is 0 Å². The first-order valence-electron chi connectivity index (χ1n) is 12.3. The lowest BCUT2D eigenvalue weighted by molar-refractivity contribution is 0.481. The number of nitrogens with zero attached hydrogens (tertiary/aromatic N) is 5. The van der Waals surface area contributed by atoms with Crippen LogP contribution in [0.25, 0.3) is 21.8 Å². The number of para-hydroxylation sites is 3. The minimum atomic E-state index is 0.625. The molecule has 0 amide bonds. The zero-order chi connectivity index (χ0) is 26.3. The lowest BCUT2D eigenvalue weighted by Gasteiger charge is -2.09. The zero-order valence-corrected chi connectivity index (χ0v) is 20.8. The molecule has 0 atom stereocenters. The van der Waals surface area contributed by atoms with Crippen molar-refractivity contribution < 1.29 is 4.74 Å². The highest BCUT2D eigenvalue weighted by molar-refractivity contribution is 5.85. The fraction of sp³-hybridized carbons (Fsp3) is 0. The van der Waals surface area contributed by atoms with Crippen molar-refractivity contribution in [2.45, 2.75) is 0 Å². The second-order valence-electron chi connectivity index (χ2n) is 8.57. The van der Waals surface area contributed by atoms with Crippen molar-refractivity contribution >= 4 is 45.9 Å². The third kappa shape index (κ3) is 5.86. The third-order valence-electron chi connectivity index (χ3n) is 5.85. The Balaban J connectivity index is 1.12. The molecule has 3 aromatic carbocycles. The molecule has 188 valence electrons. The minimum Gasteiger partial charge on any atom is -0.457 e. The van der Waals surface area contributed by atoms with Crippen LogP contribution in [0.1, 0.15) is 11.3 Å². The molecule has 0 radical (unpaired) electrons. The summed E-state index contributed by atoms with van der Waals surface area (Å²) in [5.74, 6) is 2.59. The number of pyridine rings is 3. The summed E-state index contributed by atoms with van der Waals surface area (Å²) < 4.78 is 6.15. The monoisotopic (exact) mass is 509 g/mol. The van der Waals surface area contributed by atoms with Gasteiger partial charge in [0.1, 0.15) is 23.1 Å². The average Bonchev–Trinajstić information content (AvgIpc) is 2.98. The highest BCUT2D eigenvalue weighted by Crippen LogP contribution is 2.24. The number of fused-ring (bicyclic) bond motifs is 2. The highest BCUT2D eigenvalue weighted by atomic mass is 16.5. The van der Waals surface area contributed by atoms with Crippen molar-refractivity contribution in [2.24, 2.45) is 10.2 Å². The molecule has 8 heteroatoms. The van der Waals surface area contributed by atoms with Gasteiger partial charge in [-0.05, 0) is 54.6 Å². The van der Waals surface area contributed by atoms with Crippen LogP contribution >= 0.6 is 0 Å². The Morgan fingerprint density at radius 2 is 1.23 bits per heavy atom. The van der Waals surface area contributed by atoms with Gasteiger partial charge < -0.3 is 4.74 Å². The van der Waals surface area contributed by atoms with Gasteiger partial charge in [0.25, 0.3) is 0 Å². The van der Waals surface area contributed by atoms with Gasteiger partial charge in [-0.2, -0.15) is 10.2 Å². The maximum absolute atomic E-state index is 6.15. The molecule has 0 aliphatic rings. The molecular weight excluding hydrogens is 486 g/mol. The van der Waals surface area contributed by atoms with Crippen LogP contribution in [0.15, 0.2) is 126 Å². The van der Waals surface area contributed by atoms with E-state index in [1.54, 1.807) is 24.7 Å². The molecule has 0 saturated heterocycles. The van der Waals surface area contributed by atoms with Crippen LogP contribution in [0.2, 0.25) is 0 Å². The number of rotatable bonds is 8. The molecule has 2 N–H and O–H groups in total. The number of hydrogen-bond donors (Lipinski definition) is 2. The van der Waals surface area contributed by atoms with Crippen LogP contribution in [0.4, 0.5) is 11.6 Å². The summed E-state index contributed by atoms with van der Waals surface area (Å²) in [6.07, 6.45) is 5.00. The summed E-state index contributed by atoms with van der Waals surface area (Å²) in [5, 5.41) is 10.8. The first-order valence-corrected chi connectivity index (χ1v) is 12.3. The molecule has 39 heavy (non-hydrogen) atoms. The second kappa shape index (κ2) is 11.2. The fourth-order valence-corrected chi connectivity index (χ4v) is 3.96. The SMILES string of the molecule is C(=N\Nc1ccc2ccccc2n1)/c1cc(Oc2ccccc2/C=N/Nc2ccc3ccccc3n2)ccn1. The van der Waals surface area contributed by atoms with Crippen molar-refractivity contribution in [1.82, 2.24) is 15.0 Å². The summed E-state index contributed by atoms with van der Waals surface area (Å²) in [7, 11) is 0. The molecule has 0 spiro atoms. The first-order chi connectivity index (χ1) is 19.3. The molecule has 3 heterocycles. The summed E-state index contributed by atoms with van der Waals surface area (Å²) in [6, 6.07) is 34.9. The van der Waals surface area contributed by atoms with Crippen LogP contribution in [0.5, 0.6) is 11.5 Å². The Bertz CT molecular complexity index is 1820. The van der Waals surface area contributed by atoms with Gasteiger partial charge >= 0.3 is 0 Å². The van der Waals surface area contributed by atoms with Crippen LogP contribution in [0, 0.1) is 0 Å². The van der Waals surface area contributed by atoms with Gasteiger partial charge in [-0.1, -0.05) is 48.5 Å². The van der Waals surface area contributed by atoms with E-state index in [4.69, 9.17) is 4.74 Å². The topological polar surface area (TPSA) is 96.7 Å². The predicted molar refractivity (Wildman–Crippen MR) is 157 cm³/mol. The van der Waals surface area contributed by atoms with Crippen molar-refractivity contribution in [3.63, 3.8) is 0 Å². The van der Waals surface area contributed by atoms with Crippen LogP contribution in [-0.4, -0.2) is 27.4 Å². The largest absolute Gasteiger partial charge is 0.457 e. The quantitative estimate of drug-likeness (QED) is 0.172. The van der Waals surface area contributed by atoms with Crippen LogP contribution < -0.4 is 15.6 Å². The molecule has 0 unspecified atom stereocenters. The number of ether oxygens (including phenoxy) is 1. The number of hydrazone groups is 2. The third-order valence-corrected chi connectivity index (χ3v) is 5.85. The van der Waals surface area contributed by atoms with E-state index in [1.807, 2.05) is 103 Å². The van der Waals surface area contributed by atoms with E-state index < -0.39 is 0 Å². The second-order valence-corrected chi connectivity index (χ2v) is 8.57. The Morgan fingerprint density at radius 3 is 1.95 bits per heavy atom. The summed E-state index contributed by atoms with van der Waals surface area (Å²) in [5.41, 5.74) is 9.20. The summed E-state index contributed by atoms with van der Waals surface area (Å²) in [6.45, 7) is 0. The van der Waals surface area contributed by atoms with Crippen LogP contribution in [0.3, 0.4) is 0 Å². The van der Waals surface area contributed by atoms with E-state index in [1.165, 1.54) is 0 Å². The van der Waals surface area contributed by atoms with E-state index in [0.717, 1.165) is 27.4 Å². The van der Waals surface area contributed by atoms with Crippen molar-refractivity contribution in [1.29, 1.82) is 0 Å².